The number of aromatic hydroxyl groups is 1. The highest BCUT2D eigenvalue weighted by Crippen LogP contribution is 2.33. The molecule has 0 heterocycles. The maximum Gasteiger partial charge on any atom is 0.141 e. The molecule has 0 aliphatic heterocycles. The molecular formula is C9H13ClN2O2. The molecule has 78 valence electrons. The molecule has 0 fully saturated rings. The highest BCUT2D eigenvalue weighted by atomic mass is 35.5. The number of ether oxygens (including phenoxy) is 1. The van der Waals surface area contributed by atoms with Gasteiger partial charge in [-0.05, 0) is 6.07 Å². The van der Waals surface area contributed by atoms with Crippen molar-refractivity contribution in [2.75, 3.05) is 13.7 Å². The van der Waals surface area contributed by atoms with Crippen LogP contribution in [-0.2, 0) is 0 Å². The Kier molecular flexibility index (Phi) is 3.57. The zero-order chi connectivity index (χ0) is 10.7. The number of halogens is 1. The Labute approximate surface area is 87.4 Å². The Morgan fingerprint density at radius 3 is 2.71 bits per heavy atom. The second-order valence-corrected chi connectivity index (χ2v) is 3.29. The normalized spacial score (nSPS) is 12.6. The minimum Gasteiger partial charge on any atom is -0.507 e. The standard InChI is InChI=1S/C9H13ClN2O2/c1-14-9-3-8(13)5(2-6(9)10)7(12)4-11/h2-3,7,13H,4,11-12H2,1H3/t7-/m0/s1. The molecule has 0 aliphatic carbocycles. The Hall–Kier alpha value is -0.970. The molecule has 0 spiro atoms. The minimum absolute atomic E-state index is 0.0456. The molecule has 1 rings (SSSR count). The van der Waals surface area contributed by atoms with E-state index in [-0.39, 0.29) is 12.3 Å². The van der Waals surface area contributed by atoms with E-state index in [0.29, 0.717) is 16.3 Å². The first-order chi connectivity index (χ1) is 6.60. The van der Waals surface area contributed by atoms with Crippen molar-refractivity contribution in [3.8, 4) is 11.5 Å². The number of hydrogen-bond donors (Lipinski definition) is 3. The van der Waals surface area contributed by atoms with Crippen LogP contribution >= 0.6 is 11.6 Å². The molecule has 1 atom stereocenters. The maximum absolute atomic E-state index is 9.57. The highest BCUT2D eigenvalue weighted by molar-refractivity contribution is 6.32. The van der Waals surface area contributed by atoms with Crippen LogP contribution in [0.25, 0.3) is 0 Å². The number of phenols is 1. The number of benzene rings is 1. The van der Waals surface area contributed by atoms with E-state index < -0.39 is 6.04 Å². The summed E-state index contributed by atoms with van der Waals surface area (Å²) in [6, 6.07) is 2.57. The average molecular weight is 217 g/mol. The van der Waals surface area contributed by atoms with E-state index in [2.05, 4.69) is 0 Å². The lowest BCUT2D eigenvalue weighted by molar-refractivity contribution is 0.405. The number of rotatable bonds is 3. The van der Waals surface area contributed by atoms with E-state index >= 15 is 0 Å². The van der Waals surface area contributed by atoms with Crippen molar-refractivity contribution >= 4 is 11.6 Å². The lowest BCUT2D eigenvalue weighted by Crippen LogP contribution is -2.20. The first-order valence-electron chi connectivity index (χ1n) is 4.12. The third kappa shape index (κ3) is 2.09. The van der Waals surface area contributed by atoms with Crippen molar-refractivity contribution in [2.45, 2.75) is 6.04 Å². The van der Waals surface area contributed by atoms with Crippen LogP contribution in [0.3, 0.4) is 0 Å². The molecule has 0 aromatic heterocycles. The van der Waals surface area contributed by atoms with E-state index in [9.17, 15) is 5.11 Å². The predicted molar refractivity (Wildman–Crippen MR) is 55.7 cm³/mol. The monoisotopic (exact) mass is 216 g/mol. The fourth-order valence-electron chi connectivity index (χ4n) is 1.14. The van der Waals surface area contributed by atoms with Crippen molar-refractivity contribution in [2.24, 2.45) is 11.5 Å². The summed E-state index contributed by atoms with van der Waals surface area (Å²) in [7, 11) is 1.48. The van der Waals surface area contributed by atoms with Crippen LogP contribution in [0.4, 0.5) is 0 Å². The summed E-state index contributed by atoms with van der Waals surface area (Å²) >= 11 is 5.87. The summed E-state index contributed by atoms with van der Waals surface area (Å²) in [5, 5.41) is 9.98. The van der Waals surface area contributed by atoms with Crippen molar-refractivity contribution in [3.63, 3.8) is 0 Å². The van der Waals surface area contributed by atoms with E-state index in [1.54, 1.807) is 6.07 Å². The van der Waals surface area contributed by atoms with Crippen LogP contribution < -0.4 is 16.2 Å². The second-order valence-electron chi connectivity index (χ2n) is 2.89. The fraction of sp³-hybridized carbons (Fsp3) is 0.333. The summed E-state index contributed by atoms with van der Waals surface area (Å²) < 4.78 is 4.93. The van der Waals surface area contributed by atoms with Crippen molar-refractivity contribution in [1.29, 1.82) is 0 Å². The van der Waals surface area contributed by atoms with E-state index in [4.69, 9.17) is 27.8 Å². The van der Waals surface area contributed by atoms with Gasteiger partial charge in [-0.3, -0.25) is 0 Å². The molecule has 4 nitrogen and oxygen atoms in total. The van der Waals surface area contributed by atoms with Crippen molar-refractivity contribution in [1.82, 2.24) is 0 Å². The third-order valence-corrected chi connectivity index (χ3v) is 2.25. The topological polar surface area (TPSA) is 81.5 Å². The number of methoxy groups -OCH3 is 1. The van der Waals surface area contributed by atoms with Crippen LogP contribution in [0.5, 0.6) is 11.5 Å². The average Bonchev–Trinajstić information content (AvgIpc) is 2.19. The van der Waals surface area contributed by atoms with Gasteiger partial charge >= 0.3 is 0 Å². The largest absolute Gasteiger partial charge is 0.507 e. The van der Waals surface area contributed by atoms with Gasteiger partial charge in [-0.2, -0.15) is 0 Å². The van der Waals surface area contributed by atoms with E-state index in [0.717, 1.165) is 0 Å². The van der Waals surface area contributed by atoms with Gasteiger partial charge in [0, 0.05) is 24.2 Å². The van der Waals surface area contributed by atoms with Gasteiger partial charge in [0.1, 0.15) is 11.5 Å². The summed E-state index contributed by atoms with van der Waals surface area (Å²) in [5.41, 5.74) is 11.6. The van der Waals surface area contributed by atoms with Crippen LogP contribution in [0.2, 0.25) is 5.02 Å². The SMILES string of the molecule is COc1cc(O)c([C@@H](N)CN)cc1Cl. The molecule has 0 bridgehead atoms. The van der Waals surface area contributed by atoms with Crippen molar-refractivity contribution < 1.29 is 9.84 Å². The molecule has 1 aromatic carbocycles. The minimum atomic E-state index is -0.418. The maximum atomic E-state index is 9.57. The van der Waals surface area contributed by atoms with Crippen LogP contribution in [-0.4, -0.2) is 18.8 Å². The van der Waals surface area contributed by atoms with Crippen molar-refractivity contribution in [3.05, 3.63) is 22.7 Å². The van der Waals surface area contributed by atoms with Gasteiger partial charge in [0.05, 0.1) is 12.1 Å². The Bertz CT molecular complexity index is 331. The van der Waals surface area contributed by atoms with Crippen LogP contribution in [0.1, 0.15) is 11.6 Å². The zero-order valence-electron chi connectivity index (χ0n) is 7.83. The third-order valence-electron chi connectivity index (χ3n) is 1.95. The Morgan fingerprint density at radius 1 is 1.57 bits per heavy atom. The molecular weight excluding hydrogens is 204 g/mol. The summed E-state index contributed by atoms with van der Waals surface area (Å²) in [6.45, 7) is 0.246. The molecule has 5 heteroatoms. The first kappa shape index (κ1) is 11.1. The molecule has 1 aromatic rings. The quantitative estimate of drug-likeness (QED) is 0.705. The Morgan fingerprint density at radius 2 is 2.21 bits per heavy atom. The zero-order valence-corrected chi connectivity index (χ0v) is 8.58. The number of hydrogen-bond acceptors (Lipinski definition) is 4. The highest BCUT2D eigenvalue weighted by Gasteiger charge is 2.13. The fourth-order valence-corrected chi connectivity index (χ4v) is 1.39. The van der Waals surface area contributed by atoms with Gasteiger partial charge < -0.3 is 21.3 Å². The van der Waals surface area contributed by atoms with Gasteiger partial charge in [-0.1, -0.05) is 11.6 Å². The molecule has 5 N–H and O–H groups in total. The van der Waals surface area contributed by atoms with Gasteiger partial charge in [0.25, 0.3) is 0 Å². The summed E-state index contributed by atoms with van der Waals surface area (Å²) in [6.07, 6.45) is 0. The summed E-state index contributed by atoms with van der Waals surface area (Å²) in [4.78, 5) is 0. The molecule has 0 saturated carbocycles. The van der Waals surface area contributed by atoms with Gasteiger partial charge in [-0.25, -0.2) is 0 Å². The summed E-state index contributed by atoms with van der Waals surface area (Å²) in [5.74, 6) is 0.460. The predicted octanol–water partition coefficient (Wildman–Crippen LogP) is 1.01. The first-order valence-corrected chi connectivity index (χ1v) is 4.50. The van der Waals surface area contributed by atoms with Gasteiger partial charge in [0.15, 0.2) is 0 Å². The lowest BCUT2D eigenvalue weighted by atomic mass is 10.1. The van der Waals surface area contributed by atoms with E-state index in [1.807, 2.05) is 0 Å². The van der Waals surface area contributed by atoms with E-state index in [1.165, 1.54) is 13.2 Å². The molecule has 0 radical (unpaired) electrons. The molecule has 0 amide bonds. The van der Waals surface area contributed by atoms with Gasteiger partial charge in [-0.15, -0.1) is 0 Å². The number of phenolic OH excluding ortho intramolecular Hbond substituents is 1. The van der Waals surface area contributed by atoms with Gasteiger partial charge in [0.2, 0.25) is 0 Å². The molecule has 0 unspecified atom stereocenters. The molecule has 14 heavy (non-hydrogen) atoms. The van der Waals surface area contributed by atoms with Crippen LogP contribution in [0.15, 0.2) is 12.1 Å². The smallest absolute Gasteiger partial charge is 0.141 e. The molecule has 0 aliphatic rings. The Balaban J connectivity index is 3.14. The van der Waals surface area contributed by atoms with Crippen LogP contribution in [0, 0.1) is 0 Å². The second kappa shape index (κ2) is 4.50. The number of nitrogens with two attached hydrogens (primary N) is 2. The molecule has 0 saturated heterocycles. The lowest BCUT2D eigenvalue weighted by Gasteiger charge is -2.13.